The molecule has 1 aliphatic rings. The van der Waals surface area contributed by atoms with Crippen molar-refractivity contribution in [3.63, 3.8) is 0 Å². The van der Waals surface area contributed by atoms with Gasteiger partial charge in [-0.2, -0.15) is 0 Å². The number of amides is 4. The number of carbonyl (C=O) groups is 3. The van der Waals surface area contributed by atoms with Crippen LogP contribution < -0.4 is 15.0 Å². The number of ether oxygens (including phenoxy) is 1. The third kappa shape index (κ3) is 5.23. The molecule has 0 atom stereocenters. The van der Waals surface area contributed by atoms with Crippen LogP contribution in [0.5, 0.6) is 5.75 Å². The number of nitrogens with zero attached hydrogens (tertiary/aromatic N) is 1. The zero-order valence-electron chi connectivity index (χ0n) is 19.0. The van der Waals surface area contributed by atoms with E-state index in [0.717, 1.165) is 34.4 Å². The van der Waals surface area contributed by atoms with Gasteiger partial charge >= 0.3 is 6.03 Å². The fourth-order valence-corrected chi connectivity index (χ4v) is 6.17. The van der Waals surface area contributed by atoms with Gasteiger partial charge in [0.05, 0.1) is 12.8 Å². The molecule has 1 aliphatic heterocycles. The first-order valence-corrected chi connectivity index (χ1v) is 13.2. The predicted molar refractivity (Wildman–Crippen MR) is 156 cm³/mol. The number of halogens is 3. The van der Waals surface area contributed by atoms with Crippen LogP contribution >= 0.6 is 45.2 Å². The topological polar surface area (TPSA) is 75.7 Å². The molecule has 0 saturated carbocycles. The van der Waals surface area contributed by atoms with Gasteiger partial charge in [-0.15, -0.1) is 0 Å². The Morgan fingerprint density at radius 1 is 0.892 bits per heavy atom. The maximum absolute atomic E-state index is 13.7. The number of anilines is 1. The van der Waals surface area contributed by atoms with Crippen LogP contribution in [-0.4, -0.2) is 17.8 Å². The Kier molecular flexibility index (Phi) is 7.24. The normalized spacial score (nSPS) is 14.8. The van der Waals surface area contributed by atoms with Gasteiger partial charge in [-0.25, -0.2) is 14.1 Å². The van der Waals surface area contributed by atoms with Crippen molar-refractivity contribution in [1.29, 1.82) is 0 Å². The van der Waals surface area contributed by atoms with Crippen LogP contribution in [0.1, 0.15) is 11.1 Å². The zero-order valence-corrected chi connectivity index (χ0v) is 23.3. The molecule has 5 rings (SSSR count). The number of benzene rings is 4. The van der Waals surface area contributed by atoms with E-state index in [4.69, 9.17) is 4.74 Å². The molecule has 1 fully saturated rings. The number of carbonyl (C=O) groups excluding carboxylic acids is 3. The van der Waals surface area contributed by atoms with Crippen LogP contribution in [0.25, 0.3) is 16.8 Å². The fourth-order valence-electron chi connectivity index (χ4n) is 4.04. The Morgan fingerprint density at radius 3 is 2.35 bits per heavy atom. The molecule has 6 nitrogen and oxygen atoms in total. The molecular weight excluding hydrogens is 701 g/mol. The number of rotatable bonds is 5. The monoisotopic (exact) mass is 718 g/mol. The molecule has 0 bridgehead atoms. The molecule has 0 aliphatic carbocycles. The Balaban J connectivity index is 1.42. The second-order valence-electron chi connectivity index (χ2n) is 8.18. The third-order valence-corrected chi connectivity index (χ3v) is 7.35. The van der Waals surface area contributed by atoms with Crippen LogP contribution in [0.4, 0.5) is 14.9 Å². The highest BCUT2D eigenvalue weighted by Crippen LogP contribution is 2.32. The quantitative estimate of drug-likeness (QED) is 0.147. The number of hydrogen-bond acceptors (Lipinski definition) is 4. The summed E-state index contributed by atoms with van der Waals surface area (Å²) < 4.78 is 21.5. The first kappa shape index (κ1) is 25.3. The second-order valence-corrected chi connectivity index (χ2v) is 10.5. The average Bonchev–Trinajstić information content (AvgIpc) is 2.86. The van der Waals surface area contributed by atoms with E-state index in [1.165, 1.54) is 24.3 Å². The molecule has 1 N–H and O–H groups in total. The maximum atomic E-state index is 13.7. The fraction of sp³-hybridized carbons (Fsp3) is 0.0357. The summed E-state index contributed by atoms with van der Waals surface area (Å²) in [5.74, 6) is -1.57. The van der Waals surface area contributed by atoms with E-state index in [2.05, 4.69) is 68.7 Å². The minimum absolute atomic E-state index is 0.0299. The molecule has 9 heteroatoms. The van der Waals surface area contributed by atoms with Crippen molar-refractivity contribution in [2.75, 3.05) is 4.90 Å². The zero-order chi connectivity index (χ0) is 26.1. The lowest BCUT2D eigenvalue weighted by Crippen LogP contribution is -2.54. The highest BCUT2D eigenvalue weighted by molar-refractivity contribution is 14.1. The molecule has 37 heavy (non-hydrogen) atoms. The molecular formula is C28H17FI2N2O4. The van der Waals surface area contributed by atoms with Gasteiger partial charge in [0.25, 0.3) is 11.8 Å². The van der Waals surface area contributed by atoms with Gasteiger partial charge in [-0.1, -0.05) is 48.5 Å². The SMILES string of the molecule is O=C1NC(=O)N(c2cccc(F)c2)C(=O)/C1=C/c1cc(I)c(OCc2cccc3ccccc23)c(I)c1. The number of hydrogen-bond donors (Lipinski definition) is 1. The summed E-state index contributed by atoms with van der Waals surface area (Å²) in [5, 5.41) is 4.41. The summed E-state index contributed by atoms with van der Waals surface area (Å²) in [7, 11) is 0. The Bertz CT molecular complexity index is 1590. The van der Waals surface area contributed by atoms with E-state index in [1.54, 1.807) is 12.1 Å². The van der Waals surface area contributed by atoms with Crippen molar-refractivity contribution in [3.05, 3.63) is 109 Å². The largest absolute Gasteiger partial charge is 0.487 e. The summed E-state index contributed by atoms with van der Waals surface area (Å²) in [5.41, 5.74) is 1.43. The lowest BCUT2D eigenvalue weighted by atomic mass is 10.1. The Morgan fingerprint density at radius 2 is 1.59 bits per heavy atom. The van der Waals surface area contributed by atoms with Crippen LogP contribution in [0.15, 0.2) is 84.4 Å². The summed E-state index contributed by atoms with van der Waals surface area (Å²) in [6.45, 7) is 0.374. The van der Waals surface area contributed by atoms with Gasteiger partial charge in [0, 0.05) is 0 Å². The maximum Gasteiger partial charge on any atom is 0.335 e. The third-order valence-electron chi connectivity index (χ3n) is 5.75. The van der Waals surface area contributed by atoms with Crippen molar-refractivity contribution >= 4 is 85.6 Å². The molecule has 4 amide bonds. The summed E-state index contributed by atoms with van der Waals surface area (Å²) in [6.07, 6.45) is 1.41. The van der Waals surface area contributed by atoms with Gasteiger partial charge in [0.2, 0.25) is 0 Å². The van der Waals surface area contributed by atoms with Crippen molar-refractivity contribution < 1.29 is 23.5 Å². The van der Waals surface area contributed by atoms with Gasteiger partial charge in [-0.05, 0) is 103 Å². The first-order chi connectivity index (χ1) is 17.8. The lowest BCUT2D eigenvalue weighted by Gasteiger charge is -2.26. The Labute approximate surface area is 238 Å². The minimum atomic E-state index is -0.931. The standard InChI is InChI=1S/C28H17FI2N2O4/c29-19-8-4-9-20(14-19)33-27(35)22(26(34)32-28(33)36)11-16-12-23(30)25(24(31)13-16)37-15-18-7-3-6-17-5-1-2-10-21(17)18/h1-14H,15H2,(H,32,34,36)/b22-11+. The van der Waals surface area contributed by atoms with E-state index in [0.29, 0.717) is 17.9 Å². The first-order valence-electron chi connectivity index (χ1n) is 11.1. The van der Waals surface area contributed by atoms with Crippen LogP contribution in [-0.2, 0) is 16.2 Å². The van der Waals surface area contributed by atoms with E-state index >= 15 is 0 Å². The van der Waals surface area contributed by atoms with Crippen molar-refractivity contribution in [2.45, 2.75) is 6.61 Å². The van der Waals surface area contributed by atoms with Gasteiger partial charge in [0.1, 0.15) is 23.7 Å². The van der Waals surface area contributed by atoms with Crippen LogP contribution in [0.3, 0.4) is 0 Å². The van der Waals surface area contributed by atoms with Gasteiger partial charge in [-0.3, -0.25) is 14.9 Å². The summed E-state index contributed by atoms with van der Waals surface area (Å²) >= 11 is 4.29. The van der Waals surface area contributed by atoms with Gasteiger partial charge < -0.3 is 4.74 Å². The summed E-state index contributed by atoms with van der Waals surface area (Å²) in [4.78, 5) is 38.7. The van der Waals surface area contributed by atoms with Crippen molar-refractivity contribution in [2.24, 2.45) is 0 Å². The number of urea groups is 1. The second kappa shape index (κ2) is 10.6. The minimum Gasteiger partial charge on any atom is -0.487 e. The number of fused-ring (bicyclic) bond motifs is 1. The number of barbiturate groups is 1. The number of nitrogens with one attached hydrogen (secondary N) is 1. The van der Waals surface area contributed by atoms with E-state index in [-0.39, 0.29) is 11.3 Å². The lowest BCUT2D eigenvalue weighted by molar-refractivity contribution is -0.122. The molecule has 4 aromatic carbocycles. The summed E-state index contributed by atoms with van der Waals surface area (Å²) in [6, 6.07) is 21.9. The van der Waals surface area contributed by atoms with Crippen LogP contribution in [0, 0.1) is 13.0 Å². The van der Waals surface area contributed by atoms with Gasteiger partial charge in [0.15, 0.2) is 0 Å². The molecule has 4 aromatic rings. The smallest absolute Gasteiger partial charge is 0.335 e. The molecule has 0 unspecified atom stereocenters. The molecule has 0 radical (unpaired) electrons. The van der Waals surface area contributed by atoms with E-state index in [9.17, 15) is 18.8 Å². The number of imide groups is 2. The predicted octanol–water partition coefficient (Wildman–Crippen LogP) is 6.43. The molecule has 0 spiro atoms. The average molecular weight is 718 g/mol. The highest BCUT2D eigenvalue weighted by Gasteiger charge is 2.37. The molecule has 184 valence electrons. The van der Waals surface area contributed by atoms with Crippen LogP contribution in [0.2, 0.25) is 0 Å². The molecule has 1 heterocycles. The Hall–Kier alpha value is -3.32. The van der Waals surface area contributed by atoms with E-state index in [1.807, 2.05) is 24.3 Å². The molecule has 1 saturated heterocycles. The van der Waals surface area contributed by atoms with Crippen molar-refractivity contribution in [3.8, 4) is 5.75 Å². The molecule has 0 aromatic heterocycles. The van der Waals surface area contributed by atoms with Crippen molar-refractivity contribution in [1.82, 2.24) is 5.32 Å². The van der Waals surface area contributed by atoms with E-state index < -0.39 is 23.7 Å². The highest BCUT2D eigenvalue weighted by atomic mass is 127.